The summed E-state index contributed by atoms with van der Waals surface area (Å²) >= 11 is 0. The molecule has 0 unspecified atom stereocenters. The average molecular weight is 599 g/mol. The van der Waals surface area contributed by atoms with Gasteiger partial charge in [0.25, 0.3) is 0 Å². The van der Waals surface area contributed by atoms with E-state index in [9.17, 15) is 19.2 Å². The van der Waals surface area contributed by atoms with E-state index in [-0.39, 0.29) is 19.0 Å². The van der Waals surface area contributed by atoms with Crippen molar-refractivity contribution < 1.29 is 52.3 Å². The van der Waals surface area contributed by atoms with E-state index in [2.05, 4.69) is 6.58 Å². The Morgan fingerprint density at radius 1 is 0.721 bits per heavy atom. The van der Waals surface area contributed by atoms with Crippen LogP contribution in [-0.4, -0.2) is 62.5 Å². The number of ether oxygens (including phenoxy) is 7. The van der Waals surface area contributed by atoms with Gasteiger partial charge in [-0.15, -0.1) is 0 Å². The first-order valence-electron chi connectivity index (χ1n) is 14.3. The number of rotatable bonds is 17. The summed E-state index contributed by atoms with van der Waals surface area (Å²) in [6.07, 6.45) is 2.30. The van der Waals surface area contributed by atoms with Crippen molar-refractivity contribution in [3.63, 3.8) is 0 Å². The molecule has 2 aromatic rings. The van der Waals surface area contributed by atoms with Crippen molar-refractivity contribution in [1.82, 2.24) is 0 Å². The smallest absolute Gasteiger partial charge is 0.343 e. The number of benzene rings is 2. The maximum atomic E-state index is 12.6. The minimum absolute atomic E-state index is 0.120. The fourth-order valence-electron chi connectivity index (χ4n) is 4.11. The van der Waals surface area contributed by atoms with Crippen LogP contribution in [0.4, 0.5) is 0 Å². The van der Waals surface area contributed by atoms with E-state index < -0.39 is 42.4 Å². The Hall–Kier alpha value is -4.22. The maximum absolute atomic E-state index is 12.6. The van der Waals surface area contributed by atoms with Crippen LogP contribution < -0.4 is 9.47 Å². The lowest BCUT2D eigenvalue weighted by atomic mass is 10.1. The van der Waals surface area contributed by atoms with Gasteiger partial charge in [0.2, 0.25) is 0 Å². The third kappa shape index (κ3) is 10.5. The van der Waals surface area contributed by atoms with Crippen molar-refractivity contribution >= 4 is 23.9 Å². The van der Waals surface area contributed by atoms with Crippen LogP contribution in [0.25, 0.3) is 0 Å². The van der Waals surface area contributed by atoms with Crippen molar-refractivity contribution in [1.29, 1.82) is 0 Å². The minimum Gasteiger partial charge on any atom is -0.494 e. The summed E-state index contributed by atoms with van der Waals surface area (Å²) in [5.41, 5.74) is 0.863. The average Bonchev–Trinajstić information content (AvgIpc) is 3.47. The molecule has 3 rings (SSSR count). The third-order valence-corrected chi connectivity index (χ3v) is 6.27. The van der Waals surface area contributed by atoms with Gasteiger partial charge in [-0.25, -0.2) is 19.2 Å². The molecule has 2 aromatic carbocycles. The maximum Gasteiger partial charge on any atom is 0.343 e. The summed E-state index contributed by atoms with van der Waals surface area (Å²) < 4.78 is 37.5. The Morgan fingerprint density at radius 3 is 1.81 bits per heavy atom. The van der Waals surface area contributed by atoms with Crippen LogP contribution in [-0.2, 0) is 38.1 Å². The summed E-state index contributed by atoms with van der Waals surface area (Å²) in [6.45, 7) is 7.85. The predicted octanol–water partition coefficient (Wildman–Crippen LogP) is 4.87. The zero-order chi connectivity index (χ0) is 31.0. The summed E-state index contributed by atoms with van der Waals surface area (Å²) in [5.74, 6) is -1.45. The lowest BCUT2D eigenvalue weighted by Crippen LogP contribution is -2.39. The molecular weight excluding hydrogens is 560 g/mol. The highest BCUT2D eigenvalue weighted by molar-refractivity contribution is 5.91. The Bertz CT molecular complexity index is 1180. The van der Waals surface area contributed by atoms with Gasteiger partial charge >= 0.3 is 23.9 Å². The number of carbonyl (C=O) groups is 4. The number of carbonyl (C=O) groups excluding carboxylic acids is 4. The van der Waals surface area contributed by atoms with Crippen LogP contribution in [0.1, 0.15) is 68.2 Å². The number of hydrogen-bond acceptors (Lipinski definition) is 11. The van der Waals surface area contributed by atoms with Crippen molar-refractivity contribution in [3.05, 3.63) is 72.3 Å². The Labute approximate surface area is 251 Å². The second-order valence-corrected chi connectivity index (χ2v) is 9.42. The van der Waals surface area contributed by atoms with Gasteiger partial charge in [0.05, 0.1) is 32.0 Å². The molecule has 1 heterocycles. The summed E-state index contributed by atoms with van der Waals surface area (Å²) in [4.78, 5) is 48.2. The summed E-state index contributed by atoms with van der Waals surface area (Å²) in [6, 6.07) is 13.0. The van der Waals surface area contributed by atoms with Gasteiger partial charge in [-0.3, -0.25) is 0 Å². The van der Waals surface area contributed by atoms with Gasteiger partial charge in [0.1, 0.15) is 11.5 Å². The molecule has 0 aliphatic carbocycles. The number of hydrogen-bond donors (Lipinski definition) is 0. The summed E-state index contributed by atoms with van der Waals surface area (Å²) in [5, 5.41) is 0. The van der Waals surface area contributed by atoms with Crippen LogP contribution in [0.2, 0.25) is 0 Å². The molecule has 0 aromatic heterocycles. The van der Waals surface area contributed by atoms with E-state index in [0.29, 0.717) is 30.1 Å². The van der Waals surface area contributed by atoms with Crippen molar-refractivity contribution in [2.75, 3.05) is 26.4 Å². The standard InChI is InChI=1S/C32H38O11/c1-4-26(33)40-21-11-9-7-8-10-20-39-24-16-12-22(13-17-24)29(34)41-25-18-14-23(15-19-25)32-42-27(30(35)37-5-2)28(43-32)31(36)38-6-3/h4,12-19,27-28,32H,1,5-11,20-21H2,2-3H3/t27-,28-/m1/s1. The highest BCUT2D eigenvalue weighted by Crippen LogP contribution is 2.33. The molecule has 0 N–H and O–H groups in total. The monoisotopic (exact) mass is 598 g/mol. The largest absolute Gasteiger partial charge is 0.494 e. The second-order valence-electron chi connectivity index (χ2n) is 9.42. The molecule has 11 heteroatoms. The van der Waals surface area contributed by atoms with Crippen LogP contribution in [0.3, 0.4) is 0 Å². The Balaban J connectivity index is 1.43. The van der Waals surface area contributed by atoms with E-state index in [0.717, 1.165) is 38.2 Å². The predicted molar refractivity (Wildman–Crippen MR) is 153 cm³/mol. The van der Waals surface area contributed by atoms with Gasteiger partial charge in [0, 0.05) is 11.6 Å². The quantitative estimate of drug-likeness (QED) is 0.0812. The van der Waals surface area contributed by atoms with Crippen LogP contribution >= 0.6 is 0 Å². The highest BCUT2D eigenvalue weighted by atomic mass is 16.8. The topological polar surface area (TPSA) is 133 Å². The van der Waals surface area contributed by atoms with E-state index in [1.807, 2.05) is 0 Å². The van der Waals surface area contributed by atoms with Crippen molar-refractivity contribution in [2.24, 2.45) is 0 Å². The zero-order valence-corrected chi connectivity index (χ0v) is 24.5. The fraction of sp³-hybridized carbons (Fsp3) is 0.438. The molecule has 1 aliphatic rings. The normalized spacial score (nSPS) is 16.2. The lowest BCUT2D eigenvalue weighted by molar-refractivity contribution is -0.163. The molecule has 0 saturated carbocycles. The van der Waals surface area contributed by atoms with Gasteiger partial charge in [0.15, 0.2) is 18.5 Å². The molecule has 43 heavy (non-hydrogen) atoms. The zero-order valence-electron chi connectivity index (χ0n) is 24.5. The Kier molecular flexibility index (Phi) is 13.7. The van der Waals surface area contributed by atoms with Gasteiger partial charge < -0.3 is 33.2 Å². The number of unbranched alkanes of at least 4 members (excludes halogenated alkanes) is 4. The molecule has 0 bridgehead atoms. The molecule has 1 saturated heterocycles. The summed E-state index contributed by atoms with van der Waals surface area (Å²) in [7, 11) is 0. The first-order valence-corrected chi connectivity index (χ1v) is 14.3. The molecular formula is C32H38O11. The van der Waals surface area contributed by atoms with Gasteiger partial charge in [-0.1, -0.05) is 38.0 Å². The Morgan fingerprint density at radius 2 is 1.26 bits per heavy atom. The molecule has 1 aliphatic heterocycles. The third-order valence-electron chi connectivity index (χ3n) is 6.27. The first-order chi connectivity index (χ1) is 20.9. The van der Waals surface area contributed by atoms with E-state index in [1.54, 1.807) is 62.4 Å². The van der Waals surface area contributed by atoms with Crippen LogP contribution in [0.5, 0.6) is 11.5 Å². The molecule has 0 spiro atoms. The molecule has 0 amide bonds. The van der Waals surface area contributed by atoms with E-state index >= 15 is 0 Å². The van der Waals surface area contributed by atoms with E-state index in [4.69, 9.17) is 33.2 Å². The molecule has 0 radical (unpaired) electrons. The van der Waals surface area contributed by atoms with Crippen LogP contribution in [0.15, 0.2) is 61.2 Å². The highest BCUT2D eigenvalue weighted by Gasteiger charge is 2.47. The van der Waals surface area contributed by atoms with E-state index in [1.165, 1.54) is 0 Å². The first kappa shape index (κ1) is 33.3. The molecule has 2 atom stereocenters. The molecule has 1 fully saturated rings. The van der Waals surface area contributed by atoms with Crippen LogP contribution in [0, 0.1) is 0 Å². The molecule has 11 nitrogen and oxygen atoms in total. The van der Waals surface area contributed by atoms with Gasteiger partial charge in [-0.2, -0.15) is 0 Å². The number of esters is 4. The second kappa shape index (κ2) is 17.7. The molecule has 232 valence electrons. The lowest BCUT2D eigenvalue weighted by Gasteiger charge is -2.13. The SMILES string of the molecule is C=CC(=O)OCCCCCCCOc1ccc(C(=O)Oc2ccc(C3O[C@@H](C(=O)OCC)[C@H](C(=O)OCC)O3)cc2)cc1. The van der Waals surface area contributed by atoms with Crippen molar-refractivity contribution in [3.8, 4) is 11.5 Å². The fourth-order valence-corrected chi connectivity index (χ4v) is 4.11. The van der Waals surface area contributed by atoms with Crippen molar-refractivity contribution in [2.45, 2.75) is 64.4 Å². The van der Waals surface area contributed by atoms with Gasteiger partial charge in [-0.05, 0) is 63.1 Å². The minimum atomic E-state index is -1.26.